The summed E-state index contributed by atoms with van der Waals surface area (Å²) in [6, 6.07) is 21.9. The van der Waals surface area contributed by atoms with Crippen molar-refractivity contribution < 1.29 is 18.3 Å². The molecule has 2 aliphatic rings. The summed E-state index contributed by atoms with van der Waals surface area (Å²) >= 11 is 4.25. The zero-order valence-corrected chi connectivity index (χ0v) is 35.1. The second-order valence-electron chi connectivity index (χ2n) is 17.3. The molecule has 0 N–H and O–H groups in total. The van der Waals surface area contributed by atoms with E-state index in [0.29, 0.717) is 11.2 Å². The third-order valence-electron chi connectivity index (χ3n) is 10.6. The molecule has 0 unspecified atom stereocenters. The Kier molecular flexibility index (Phi) is 12.8. The molecule has 2 saturated heterocycles. The number of ether oxygens (including phenoxy) is 2. The van der Waals surface area contributed by atoms with Crippen molar-refractivity contribution in [3.63, 3.8) is 0 Å². The zero-order chi connectivity index (χ0) is 34.7. The zero-order valence-electron chi connectivity index (χ0n) is 31.5. The van der Waals surface area contributed by atoms with Crippen LogP contribution in [-0.4, -0.2) is 63.4 Å². The van der Waals surface area contributed by atoms with E-state index in [1.807, 2.05) is 0 Å². The van der Waals surface area contributed by atoms with Crippen molar-refractivity contribution in [2.75, 3.05) is 18.1 Å². The molecule has 3 atom stereocenters. The Morgan fingerprint density at radius 2 is 1.30 bits per heavy atom. The van der Waals surface area contributed by atoms with Crippen LogP contribution in [0.15, 0.2) is 60.7 Å². The molecule has 2 aliphatic heterocycles. The molecule has 0 aliphatic carbocycles. The van der Waals surface area contributed by atoms with Gasteiger partial charge in [-0.2, -0.15) is 0 Å². The molecule has 264 valence electrons. The molecule has 0 saturated carbocycles. The van der Waals surface area contributed by atoms with E-state index in [9.17, 15) is 0 Å². The van der Waals surface area contributed by atoms with Crippen molar-refractivity contribution in [2.45, 2.75) is 147 Å². The molecular formula is C39H64O4S2Si2. The number of hydrogen-bond donors (Lipinski definition) is 0. The standard InChI is InChI=1S/C39H64O4S2Si2/c1-36(2,3)46(11,12)43-34(38(7,8)35-44-26-19-27-45-35)29-31-28-30(41-39(9,10)42-31)24-25-40-47(37(4,5)6,32-20-15-13-16-21-32)33-22-17-14-18-23-33/h13-18,20-23,30-31,34-35H,19,24-29H2,1-12H3/t30-,31+,34-/m0/s1. The van der Waals surface area contributed by atoms with Crippen LogP contribution in [-0.2, 0) is 18.3 Å². The van der Waals surface area contributed by atoms with Gasteiger partial charge in [-0.1, -0.05) is 116 Å². The molecule has 0 bridgehead atoms. The number of thioether (sulfide) groups is 2. The second-order valence-corrected chi connectivity index (χ2v) is 29.1. The summed E-state index contributed by atoms with van der Waals surface area (Å²) in [7, 11) is -4.63. The molecule has 4 rings (SSSR count). The summed E-state index contributed by atoms with van der Waals surface area (Å²) in [6.45, 7) is 28.6. The van der Waals surface area contributed by atoms with Crippen LogP contribution >= 0.6 is 23.5 Å². The van der Waals surface area contributed by atoms with Crippen molar-refractivity contribution in [3.8, 4) is 0 Å². The van der Waals surface area contributed by atoms with Crippen LogP contribution in [0.25, 0.3) is 0 Å². The molecule has 0 aromatic heterocycles. The highest BCUT2D eigenvalue weighted by Crippen LogP contribution is 2.49. The fourth-order valence-electron chi connectivity index (χ4n) is 6.99. The predicted octanol–water partition coefficient (Wildman–Crippen LogP) is 9.87. The first-order valence-electron chi connectivity index (χ1n) is 17.8. The van der Waals surface area contributed by atoms with Gasteiger partial charge in [-0.3, -0.25) is 0 Å². The molecule has 2 aromatic carbocycles. The molecule has 2 aromatic rings. The van der Waals surface area contributed by atoms with Gasteiger partial charge in [0, 0.05) is 18.4 Å². The smallest absolute Gasteiger partial charge is 0.261 e. The fraction of sp³-hybridized carbons (Fsp3) is 0.692. The van der Waals surface area contributed by atoms with E-state index >= 15 is 0 Å². The van der Waals surface area contributed by atoms with Crippen molar-refractivity contribution in [1.29, 1.82) is 0 Å². The van der Waals surface area contributed by atoms with E-state index in [1.54, 1.807) is 0 Å². The van der Waals surface area contributed by atoms with Gasteiger partial charge < -0.3 is 18.3 Å². The summed E-state index contributed by atoms with van der Waals surface area (Å²) in [5.74, 6) is 1.81. The van der Waals surface area contributed by atoms with Gasteiger partial charge in [-0.25, -0.2) is 0 Å². The molecule has 2 heterocycles. The molecule has 0 radical (unpaired) electrons. The van der Waals surface area contributed by atoms with Gasteiger partial charge >= 0.3 is 0 Å². The summed E-state index contributed by atoms with van der Waals surface area (Å²) in [5.41, 5.74) is 0.0129. The quantitative estimate of drug-likeness (QED) is 0.204. The van der Waals surface area contributed by atoms with E-state index in [2.05, 4.69) is 167 Å². The molecule has 2 fully saturated rings. The van der Waals surface area contributed by atoms with Crippen LogP contribution in [0.2, 0.25) is 23.2 Å². The van der Waals surface area contributed by atoms with Gasteiger partial charge in [-0.05, 0) is 78.2 Å². The second kappa shape index (κ2) is 15.3. The average molecular weight is 717 g/mol. The van der Waals surface area contributed by atoms with Crippen LogP contribution in [0.1, 0.15) is 94.9 Å². The highest BCUT2D eigenvalue weighted by Gasteiger charge is 2.51. The van der Waals surface area contributed by atoms with Gasteiger partial charge in [0.25, 0.3) is 8.32 Å². The lowest BCUT2D eigenvalue weighted by Gasteiger charge is -2.49. The first-order valence-corrected chi connectivity index (χ1v) is 24.7. The highest BCUT2D eigenvalue weighted by atomic mass is 32.2. The minimum absolute atomic E-state index is 0.0129. The molecule has 8 heteroatoms. The normalized spacial score (nSPS) is 22.6. The number of rotatable bonds is 12. The molecule has 0 amide bonds. The topological polar surface area (TPSA) is 36.9 Å². The van der Waals surface area contributed by atoms with Crippen molar-refractivity contribution in [2.24, 2.45) is 5.41 Å². The number of benzene rings is 2. The Morgan fingerprint density at radius 1 is 0.787 bits per heavy atom. The molecular weight excluding hydrogens is 653 g/mol. The monoisotopic (exact) mass is 716 g/mol. The van der Waals surface area contributed by atoms with Gasteiger partial charge in [0.15, 0.2) is 14.1 Å². The van der Waals surface area contributed by atoms with Crippen LogP contribution in [0.3, 0.4) is 0 Å². The predicted molar refractivity (Wildman–Crippen MR) is 210 cm³/mol. The SMILES string of the molecule is CC1(C)O[C@@H](C[C@H](O[Si](C)(C)C(C)(C)C)C(C)(C)C2SCCCS2)C[C@H](CCO[Si](c2ccccc2)(c2ccccc2)C(C)(C)C)O1. The summed E-state index contributed by atoms with van der Waals surface area (Å²) in [5, 5.41) is 2.72. The number of hydrogen-bond acceptors (Lipinski definition) is 6. The van der Waals surface area contributed by atoms with Gasteiger partial charge in [0.05, 0.1) is 22.9 Å². The average Bonchev–Trinajstić information content (AvgIpc) is 2.98. The Labute approximate surface area is 298 Å². The van der Waals surface area contributed by atoms with Crippen LogP contribution in [0.5, 0.6) is 0 Å². The lowest BCUT2D eigenvalue weighted by molar-refractivity contribution is -0.304. The Morgan fingerprint density at radius 3 is 1.79 bits per heavy atom. The molecule has 0 spiro atoms. The third kappa shape index (κ3) is 9.40. The van der Waals surface area contributed by atoms with Crippen LogP contribution < -0.4 is 10.4 Å². The van der Waals surface area contributed by atoms with Crippen LogP contribution in [0, 0.1) is 5.41 Å². The molecule has 47 heavy (non-hydrogen) atoms. The van der Waals surface area contributed by atoms with Crippen LogP contribution in [0.4, 0.5) is 0 Å². The largest absolute Gasteiger partial charge is 0.413 e. The summed E-state index contributed by atoms with van der Waals surface area (Å²) < 4.78 is 28.5. The minimum atomic E-state index is -2.61. The summed E-state index contributed by atoms with van der Waals surface area (Å²) in [4.78, 5) is 0. The summed E-state index contributed by atoms with van der Waals surface area (Å²) in [6.07, 6.45) is 4.09. The van der Waals surface area contributed by atoms with Gasteiger partial charge in [0.1, 0.15) is 0 Å². The lowest BCUT2D eigenvalue weighted by atomic mass is 9.84. The highest BCUT2D eigenvalue weighted by molar-refractivity contribution is 8.17. The maximum absolute atomic E-state index is 7.36. The van der Waals surface area contributed by atoms with Gasteiger partial charge in [0.2, 0.25) is 0 Å². The van der Waals surface area contributed by atoms with E-state index in [0.717, 1.165) is 19.3 Å². The fourth-order valence-corrected chi connectivity index (χ4v) is 16.4. The van der Waals surface area contributed by atoms with Crippen molar-refractivity contribution in [1.82, 2.24) is 0 Å². The van der Waals surface area contributed by atoms with E-state index in [1.165, 1.54) is 28.3 Å². The molecule has 4 nitrogen and oxygen atoms in total. The Balaban J connectivity index is 1.56. The minimum Gasteiger partial charge on any atom is -0.413 e. The Bertz CT molecular complexity index is 1210. The van der Waals surface area contributed by atoms with E-state index in [4.69, 9.17) is 18.3 Å². The first kappa shape index (κ1) is 39.2. The van der Waals surface area contributed by atoms with E-state index < -0.39 is 22.4 Å². The van der Waals surface area contributed by atoms with Crippen molar-refractivity contribution in [3.05, 3.63) is 60.7 Å². The lowest BCUT2D eigenvalue weighted by Crippen LogP contribution is -2.66. The maximum atomic E-state index is 7.36. The van der Waals surface area contributed by atoms with E-state index in [-0.39, 0.29) is 33.8 Å². The Hall–Kier alpha value is -0.586. The maximum Gasteiger partial charge on any atom is 0.261 e. The van der Waals surface area contributed by atoms with Gasteiger partial charge in [-0.15, -0.1) is 23.5 Å². The van der Waals surface area contributed by atoms with Crippen molar-refractivity contribution >= 4 is 50.5 Å². The third-order valence-corrected chi connectivity index (χ3v) is 23.8. The first-order chi connectivity index (χ1) is 21.8.